The van der Waals surface area contributed by atoms with Crippen molar-refractivity contribution in [3.63, 3.8) is 0 Å². The Morgan fingerprint density at radius 1 is 1.42 bits per heavy atom. The number of amides is 1. The highest BCUT2D eigenvalue weighted by atomic mass is 32.1. The molecule has 2 aliphatic rings. The van der Waals surface area contributed by atoms with Crippen LogP contribution in [0.15, 0.2) is 23.7 Å². The summed E-state index contributed by atoms with van der Waals surface area (Å²) in [6.45, 7) is 2.14. The first-order chi connectivity index (χ1) is 11.7. The molecule has 2 aromatic rings. The van der Waals surface area contributed by atoms with Gasteiger partial charge in [0, 0.05) is 25.1 Å². The first-order valence-electron chi connectivity index (χ1n) is 8.62. The molecular formula is C18H23N3O2S. The van der Waals surface area contributed by atoms with E-state index in [0.29, 0.717) is 13.0 Å². The Labute approximate surface area is 146 Å². The van der Waals surface area contributed by atoms with E-state index in [0.717, 1.165) is 36.1 Å². The number of thiophene rings is 1. The van der Waals surface area contributed by atoms with Gasteiger partial charge in [-0.25, -0.2) is 0 Å². The molecule has 1 unspecified atom stereocenters. The maximum absolute atomic E-state index is 12.9. The van der Waals surface area contributed by atoms with Crippen LogP contribution in [0.2, 0.25) is 0 Å². The summed E-state index contributed by atoms with van der Waals surface area (Å²) in [7, 11) is 1.96. The van der Waals surface area contributed by atoms with Gasteiger partial charge in [-0.2, -0.15) is 5.10 Å². The maximum atomic E-state index is 12.9. The van der Waals surface area contributed by atoms with Crippen LogP contribution in [0.5, 0.6) is 0 Å². The molecule has 2 aromatic heterocycles. The SMILES string of the molecule is Cn1ncc2c1C(COCC1CC1)N(C(=O)Cc1cccs1)CC2. The third kappa shape index (κ3) is 3.26. The van der Waals surface area contributed by atoms with Gasteiger partial charge < -0.3 is 9.64 Å². The van der Waals surface area contributed by atoms with E-state index in [1.165, 1.54) is 18.4 Å². The van der Waals surface area contributed by atoms with Gasteiger partial charge in [0.05, 0.1) is 31.0 Å². The molecular weight excluding hydrogens is 322 g/mol. The van der Waals surface area contributed by atoms with Crippen molar-refractivity contribution in [1.29, 1.82) is 0 Å². The molecule has 0 spiro atoms. The van der Waals surface area contributed by atoms with Crippen LogP contribution in [0.3, 0.4) is 0 Å². The highest BCUT2D eigenvalue weighted by Gasteiger charge is 2.34. The number of fused-ring (bicyclic) bond motifs is 1. The van der Waals surface area contributed by atoms with Crippen LogP contribution in [-0.4, -0.2) is 40.3 Å². The third-order valence-corrected chi connectivity index (χ3v) is 5.81. The van der Waals surface area contributed by atoms with E-state index in [2.05, 4.69) is 5.10 Å². The van der Waals surface area contributed by atoms with Gasteiger partial charge in [0.2, 0.25) is 5.91 Å². The number of carbonyl (C=O) groups excluding carboxylic acids is 1. The highest BCUT2D eigenvalue weighted by molar-refractivity contribution is 7.10. The summed E-state index contributed by atoms with van der Waals surface area (Å²) in [6, 6.07) is 4.01. The second-order valence-corrected chi connectivity index (χ2v) is 7.80. The molecule has 1 saturated carbocycles. The fourth-order valence-corrected chi connectivity index (χ4v) is 4.12. The zero-order valence-corrected chi connectivity index (χ0v) is 14.8. The Balaban J connectivity index is 1.52. The number of aromatic nitrogens is 2. The van der Waals surface area contributed by atoms with Gasteiger partial charge in [-0.1, -0.05) is 6.07 Å². The predicted molar refractivity (Wildman–Crippen MR) is 92.9 cm³/mol. The van der Waals surface area contributed by atoms with Crippen LogP contribution >= 0.6 is 11.3 Å². The molecule has 1 aliphatic carbocycles. The number of ether oxygens (including phenoxy) is 1. The van der Waals surface area contributed by atoms with Crippen molar-refractivity contribution in [3.8, 4) is 0 Å². The quantitative estimate of drug-likeness (QED) is 0.808. The van der Waals surface area contributed by atoms with Gasteiger partial charge in [-0.15, -0.1) is 11.3 Å². The van der Waals surface area contributed by atoms with Crippen LogP contribution in [0, 0.1) is 5.92 Å². The van der Waals surface area contributed by atoms with Crippen molar-refractivity contribution in [3.05, 3.63) is 39.8 Å². The molecule has 0 saturated heterocycles. The second-order valence-electron chi connectivity index (χ2n) is 6.77. The van der Waals surface area contributed by atoms with Crippen LogP contribution < -0.4 is 0 Å². The monoisotopic (exact) mass is 345 g/mol. The highest BCUT2D eigenvalue weighted by Crippen LogP contribution is 2.32. The lowest BCUT2D eigenvalue weighted by molar-refractivity contribution is -0.135. The Morgan fingerprint density at radius 3 is 3.04 bits per heavy atom. The van der Waals surface area contributed by atoms with E-state index in [-0.39, 0.29) is 11.9 Å². The molecule has 4 rings (SSSR count). The average molecular weight is 345 g/mol. The van der Waals surface area contributed by atoms with E-state index >= 15 is 0 Å². The molecule has 0 bridgehead atoms. The van der Waals surface area contributed by atoms with Crippen molar-refractivity contribution in [1.82, 2.24) is 14.7 Å². The van der Waals surface area contributed by atoms with Gasteiger partial charge in [0.25, 0.3) is 0 Å². The lowest BCUT2D eigenvalue weighted by Crippen LogP contribution is -2.43. The lowest BCUT2D eigenvalue weighted by Gasteiger charge is -2.36. The molecule has 6 heteroatoms. The third-order valence-electron chi connectivity index (χ3n) is 4.93. The van der Waals surface area contributed by atoms with Crippen molar-refractivity contribution in [2.24, 2.45) is 13.0 Å². The summed E-state index contributed by atoms with van der Waals surface area (Å²) in [5, 5.41) is 6.42. The number of nitrogens with zero attached hydrogens (tertiary/aromatic N) is 3. The maximum Gasteiger partial charge on any atom is 0.228 e. The topological polar surface area (TPSA) is 47.4 Å². The molecule has 1 amide bonds. The van der Waals surface area contributed by atoms with Crippen molar-refractivity contribution < 1.29 is 9.53 Å². The minimum absolute atomic E-state index is 0.0209. The second kappa shape index (κ2) is 6.69. The summed E-state index contributed by atoms with van der Waals surface area (Å²) in [6.07, 6.45) is 5.85. The van der Waals surface area contributed by atoms with Gasteiger partial charge >= 0.3 is 0 Å². The first kappa shape index (κ1) is 15.8. The van der Waals surface area contributed by atoms with E-state index in [1.54, 1.807) is 11.3 Å². The smallest absolute Gasteiger partial charge is 0.228 e. The normalized spacial score (nSPS) is 20.2. The zero-order valence-electron chi connectivity index (χ0n) is 14.0. The van der Waals surface area contributed by atoms with E-state index in [9.17, 15) is 4.79 Å². The molecule has 0 aromatic carbocycles. The molecule has 5 nitrogen and oxygen atoms in total. The Kier molecular flexibility index (Phi) is 4.41. The van der Waals surface area contributed by atoms with E-state index in [1.807, 2.05) is 40.3 Å². The fraction of sp³-hybridized carbons (Fsp3) is 0.556. The molecule has 1 atom stereocenters. The van der Waals surface area contributed by atoms with Crippen LogP contribution in [0.4, 0.5) is 0 Å². The summed E-state index contributed by atoms with van der Waals surface area (Å²) in [5.41, 5.74) is 2.38. The van der Waals surface area contributed by atoms with Crippen molar-refractivity contribution in [2.45, 2.75) is 31.7 Å². The van der Waals surface area contributed by atoms with Crippen molar-refractivity contribution >= 4 is 17.2 Å². The first-order valence-corrected chi connectivity index (χ1v) is 9.50. The molecule has 1 aliphatic heterocycles. The minimum atomic E-state index is -0.0209. The van der Waals surface area contributed by atoms with Gasteiger partial charge in [0.1, 0.15) is 0 Å². The van der Waals surface area contributed by atoms with Crippen LogP contribution in [0.1, 0.15) is 35.0 Å². The number of aryl methyl sites for hydroxylation is 1. The number of hydrogen-bond acceptors (Lipinski definition) is 4. The van der Waals surface area contributed by atoms with Crippen molar-refractivity contribution in [2.75, 3.05) is 19.8 Å². The Bertz CT molecular complexity index is 706. The molecule has 3 heterocycles. The Morgan fingerprint density at radius 2 is 2.29 bits per heavy atom. The predicted octanol–water partition coefficient (Wildman–Crippen LogP) is 2.58. The van der Waals surface area contributed by atoms with E-state index in [4.69, 9.17) is 4.74 Å². The number of hydrogen-bond donors (Lipinski definition) is 0. The number of rotatable bonds is 6. The average Bonchev–Trinajstić information content (AvgIpc) is 3.11. The fourth-order valence-electron chi connectivity index (χ4n) is 3.42. The van der Waals surface area contributed by atoms with Gasteiger partial charge in [-0.05, 0) is 42.2 Å². The molecule has 1 fully saturated rings. The zero-order chi connectivity index (χ0) is 16.5. The molecule has 24 heavy (non-hydrogen) atoms. The minimum Gasteiger partial charge on any atom is -0.379 e. The standard InChI is InChI=1S/C18H23N3O2S/c1-20-18-14(10-19-20)6-7-21(16(18)12-23-11-13-4-5-13)17(22)9-15-3-2-8-24-15/h2-3,8,10,13,16H,4-7,9,11-12H2,1H3. The van der Waals surface area contributed by atoms with Crippen LogP contribution in [0.25, 0.3) is 0 Å². The molecule has 0 radical (unpaired) electrons. The van der Waals surface area contributed by atoms with Gasteiger partial charge in [-0.3, -0.25) is 9.48 Å². The Hall–Kier alpha value is -1.66. The van der Waals surface area contributed by atoms with Crippen LogP contribution in [-0.2, 0) is 29.4 Å². The molecule has 128 valence electrons. The van der Waals surface area contributed by atoms with Gasteiger partial charge in [0.15, 0.2) is 0 Å². The number of carbonyl (C=O) groups is 1. The molecule has 0 N–H and O–H groups in total. The summed E-state index contributed by atoms with van der Waals surface area (Å²) in [4.78, 5) is 16.0. The summed E-state index contributed by atoms with van der Waals surface area (Å²) >= 11 is 1.64. The lowest BCUT2D eigenvalue weighted by atomic mass is 9.99. The summed E-state index contributed by atoms with van der Waals surface area (Å²) in [5.74, 6) is 0.916. The largest absolute Gasteiger partial charge is 0.379 e. The van der Waals surface area contributed by atoms with E-state index < -0.39 is 0 Å². The summed E-state index contributed by atoms with van der Waals surface area (Å²) < 4.78 is 7.87.